The normalized spacial score (nSPS) is 17.6. The van der Waals surface area contributed by atoms with E-state index in [-0.39, 0.29) is 12.7 Å². The predicted octanol–water partition coefficient (Wildman–Crippen LogP) is 1.50. The average Bonchev–Trinajstić information content (AvgIpc) is 3.18. The Balaban J connectivity index is 1.40. The molecule has 0 saturated carbocycles. The van der Waals surface area contributed by atoms with Crippen LogP contribution in [-0.2, 0) is 13.6 Å². The number of aromatic nitrogens is 2. The fraction of sp³-hybridized carbons (Fsp3) is 0.444. The molecular formula is C18H22N4O3. The van der Waals surface area contributed by atoms with Crippen molar-refractivity contribution in [2.45, 2.75) is 13.0 Å². The number of ether oxygens (including phenoxy) is 2. The lowest BCUT2D eigenvalue weighted by molar-refractivity contribution is 0.0760. The summed E-state index contributed by atoms with van der Waals surface area (Å²) in [6.45, 7) is 4.34. The van der Waals surface area contributed by atoms with E-state index in [9.17, 15) is 4.79 Å². The first-order valence-electron chi connectivity index (χ1n) is 8.58. The second-order valence-electron chi connectivity index (χ2n) is 6.44. The second kappa shape index (κ2) is 6.76. The van der Waals surface area contributed by atoms with Gasteiger partial charge in [-0.3, -0.25) is 9.69 Å². The number of aryl methyl sites for hydroxylation is 1. The molecule has 7 nitrogen and oxygen atoms in total. The van der Waals surface area contributed by atoms with Gasteiger partial charge in [-0.15, -0.1) is 0 Å². The molecule has 7 heteroatoms. The number of imidazole rings is 1. The zero-order valence-corrected chi connectivity index (χ0v) is 14.4. The Morgan fingerprint density at radius 2 is 2.04 bits per heavy atom. The molecule has 0 radical (unpaired) electrons. The monoisotopic (exact) mass is 342 g/mol. The van der Waals surface area contributed by atoms with Crippen molar-refractivity contribution in [3.63, 3.8) is 0 Å². The lowest BCUT2D eigenvalue weighted by atomic mass is 10.1. The molecule has 2 aromatic rings. The summed E-state index contributed by atoms with van der Waals surface area (Å²) >= 11 is 0. The second-order valence-corrected chi connectivity index (χ2v) is 6.44. The standard InChI is InChI=1S/C18H22N4O3/c1-20-8-5-19-17(20)12-21-6-2-7-22(10-9-21)18(23)14-3-4-15-16(11-14)25-13-24-15/h3-5,8,11H,2,6-7,9-10,12-13H2,1H3. The molecule has 1 amide bonds. The van der Waals surface area contributed by atoms with E-state index in [0.717, 1.165) is 45.0 Å². The minimum atomic E-state index is 0.0529. The van der Waals surface area contributed by atoms with Crippen LogP contribution in [0.1, 0.15) is 22.6 Å². The lowest BCUT2D eigenvalue weighted by Crippen LogP contribution is -2.35. The third-order valence-corrected chi connectivity index (χ3v) is 4.78. The first kappa shape index (κ1) is 16.0. The molecular weight excluding hydrogens is 320 g/mol. The molecule has 0 N–H and O–H groups in total. The predicted molar refractivity (Wildman–Crippen MR) is 91.6 cm³/mol. The molecule has 0 unspecified atom stereocenters. The van der Waals surface area contributed by atoms with Gasteiger partial charge in [-0.1, -0.05) is 0 Å². The van der Waals surface area contributed by atoms with Crippen LogP contribution < -0.4 is 9.47 Å². The van der Waals surface area contributed by atoms with Crippen molar-refractivity contribution in [2.75, 3.05) is 33.0 Å². The van der Waals surface area contributed by atoms with Crippen LogP contribution in [0.15, 0.2) is 30.6 Å². The maximum absolute atomic E-state index is 12.8. The zero-order valence-electron chi connectivity index (χ0n) is 14.4. The topological polar surface area (TPSA) is 59.8 Å². The van der Waals surface area contributed by atoms with E-state index in [1.807, 2.05) is 35.0 Å². The Kier molecular flexibility index (Phi) is 4.31. The van der Waals surface area contributed by atoms with Crippen molar-refractivity contribution in [3.05, 3.63) is 42.0 Å². The smallest absolute Gasteiger partial charge is 0.254 e. The number of hydrogen-bond acceptors (Lipinski definition) is 5. The van der Waals surface area contributed by atoms with Gasteiger partial charge in [0.05, 0.1) is 6.54 Å². The number of hydrogen-bond donors (Lipinski definition) is 0. The first-order chi connectivity index (χ1) is 12.2. The zero-order chi connectivity index (χ0) is 17.2. The van der Waals surface area contributed by atoms with Gasteiger partial charge in [-0.2, -0.15) is 0 Å². The van der Waals surface area contributed by atoms with Crippen LogP contribution in [-0.4, -0.2) is 58.2 Å². The molecule has 0 spiro atoms. The summed E-state index contributed by atoms with van der Waals surface area (Å²) in [6.07, 6.45) is 4.74. The summed E-state index contributed by atoms with van der Waals surface area (Å²) in [4.78, 5) is 21.5. The summed E-state index contributed by atoms with van der Waals surface area (Å²) in [5.41, 5.74) is 0.654. The van der Waals surface area contributed by atoms with E-state index in [0.29, 0.717) is 17.1 Å². The first-order valence-corrected chi connectivity index (χ1v) is 8.58. The molecule has 25 heavy (non-hydrogen) atoms. The maximum atomic E-state index is 12.8. The van der Waals surface area contributed by atoms with Crippen molar-refractivity contribution in [3.8, 4) is 11.5 Å². The van der Waals surface area contributed by atoms with Crippen LogP contribution in [0.25, 0.3) is 0 Å². The minimum Gasteiger partial charge on any atom is -0.454 e. The highest BCUT2D eigenvalue weighted by Crippen LogP contribution is 2.32. The van der Waals surface area contributed by atoms with E-state index < -0.39 is 0 Å². The summed E-state index contributed by atoms with van der Waals surface area (Å²) < 4.78 is 12.7. The van der Waals surface area contributed by atoms with Crippen molar-refractivity contribution in [1.82, 2.24) is 19.4 Å². The number of carbonyl (C=O) groups is 1. The molecule has 3 heterocycles. The van der Waals surface area contributed by atoms with E-state index in [2.05, 4.69) is 9.88 Å². The van der Waals surface area contributed by atoms with Crippen LogP contribution in [0.4, 0.5) is 0 Å². The Labute approximate surface area is 146 Å². The van der Waals surface area contributed by atoms with Crippen molar-refractivity contribution < 1.29 is 14.3 Å². The van der Waals surface area contributed by atoms with Gasteiger partial charge < -0.3 is 18.9 Å². The van der Waals surface area contributed by atoms with Gasteiger partial charge in [-0.25, -0.2) is 4.98 Å². The molecule has 0 bridgehead atoms. The molecule has 2 aliphatic heterocycles. The van der Waals surface area contributed by atoms with Crippen LogP contribution in [0.3, 0.4) is 0 Å². The van der Waals surface area contributed by atoms with Gasteiger partial charge in [0.25, 0.3) is 5.91 Å². The Bertz CT molecular complexity index is 773. The molecule has 1 saturated heterocycles. The fourth-order valence-corrected chi connectivity index (χ4v) is 3.29. The molecule has 1 aromatic heterocycles. The summed E-state index contributed by atoms with van der Waals surface area (Å²) in [5, 5.41) is 0. The van der Waals surface area contributed by atoms with Crippen molar-refractivity contribution in [1.29, 1.82) is 0 Å². The maximum Gasteiger partial charge on any atom is 0.254 e. The highest BCUT2D eigenvalue weighted by atomic mass is 16.7. The van der Waals surface area contributed by atoms with Gasteiger partial charge in [0.1, 0.15) is 5.82 Å². The van der Waals surface area contributed by atoms with Gasteiger partial charge in [-0.05, 0) is 24.6 Å². The quantitative estimate of drug-likeness (QED) is 0.846. The molecule has 4 rings (SSSR count). The summed E-state index contributed by atoms with van der Waals surface area (Å²) in [6, 6.07) is 5.40. The lowest BCUT2D eigenvalue weighted by Gasteiger charge is -2.22. The van der Waals surface area contributed by atoms with Crippen molar-refractivity contribution in [2.24, 2.45) is 7.05 Å². The van der Waals surface area contributed by atoms with E-state index in [1.165, 1.54) is 0 Å². The number of carbonyl (C=O) groups excluding carboxylic acids is 1. The number of nitrogens with zero attached hydrogens (tertiary/aromatic N) is 4. The molecule has 0 aliphatic carbocycles. The van der Waals surface area contributed by atoms with E-state index >= 15 is 0 Å². The van der Waals surface area contributed by atoms with Crippen LogP contribution in [0.5, 0.6) is 11.5 Å². The summed E-state index contributed by atoms with van der Waals surface area (Å²) in [7, 11) is 2.01. The highest BCUT2D eigenvalue weighted by Gasteiger charge is 2.23. The number of amides is 1. The van der Waals surface area contributed by atoms with Gasteiger partial charge in [0, 0.05) is 51.2 Å². The Morgan fingerprint density at radius 3 is 2.88 bits per heavy atom. The third-order valence-electron chi connectivity index (χ3n) is 4.78. The van der Waals surface area contributed by atoms with Gasteiger partial charge >= 0.3 is 0 Å². The van der Waals surface area contributed by atoms with Gasteiger partial charge in [0.2, 0.25) is 6.79 Å². The van der Waals surface area contributed by atoms with Crippen LogP contribution >= 0.6 is 0 Å². The number of benzene rings is 1. The molecule has 0 atom stereocenters. The fourth-order valence-electron chi connectivity index (χ4n) is 3.29. The van der Waals surface area contributed by atoms with E-state index in [4.69, 9.17) is 9.47 Å². The SMILES string of the molecule is Cn1ccnc1CN1CCCN(C(=O)c2ccc3c(c2)OCO3)CC1. The summed E-state index contributed by atoms with van der Waals surface area (Å²) in [5.74, 6) is 2.46. The molecule has 132 valence electrons. The Morgan fingerprint density at radius 1 is 1.16 bits per heavy atom. The third kappa shape index (κ3) is 3.32. The molecule has 2 aliphatic rings. The largest absolute Gasteiger partial charge is 0.454 e. The Hall–Kier alpha value is -2.54. The number of fused-ring (bicyclic) bond motifs is 1. The highest BCUT2D eigenvalue weighted by molar-refractivity contribution is 5.95. The van der Waals surface area contributed by atoms with Crippen LogP contribution in [0.2, 0.25) is 0 Å². The van der Waals surface area contributed by atoms with E-state index in [1.54, 1.807) is 12.1 Å². The average molecular weight is 342 g/mol. The minimum absolute atomic E-state index is 0.0529. The number of rotatable bonds is 3. The van der Waals surface area contributed by atoms with Crippen molar-refractivity contribution >= 4 is 5.91 Å². The van der Waals surface area contributed by atoms with Gasteiger partial charge in [0.15, 0.2) is 11.5 Å². The molecule has 1 fully saturated rings. The molecule has 1 aromatic carbocycles. The van der Waals surface area contributed by atoms with Crippen LogP contribution in [0, 0.1) is 0 Å².